The van der Waals surface area contributed by atoms with Crippen LogP contribution in [0.3, 0.4) is 0 Å². The first-order chi connectivity index (χ1) is 17.7. The van der Waals surface area contributed by atoms with Crippen molar-refractivity contribution in [3.63, 3.8) is 0 Å². The van der Waals surface area contributed by atoms with Crippen molar-refractivity contribution in [1.82, 2.24) is 13.9 Å². The van der Waals surface area contributed by atoms with Crippen LogP contribution in [0.1, 0.15) is 16.8 Å². The highest BCUT2D eigenvalue weighted by atomic mass is 32.2. The number of hydrogen-bond acceptors (Lipinski definition) is 7. The van der Waals surface area contributed by atoms with Gasteiger partial charge in [0.25, 0.3) is 5.91 Å². The Morgan fingerprint density at radius 3 is 2.16 bits per heavy atom. The molecule has 0 aliphatic carbocycles. The Balaban J connectivity index is 1.22. The summed E-state index contributed by atoms with van der Waals surface area (Å²) in [6, 6.07) is 12.1. The van der Waals surface area contributed by atoms with E-state index in [1.165, 1.54) is 38.9 Å². The molecule has 2 aromatic rings. The summed E-state index contributed by atoms with van der Waals surface area (Å²) in [5.41, 5.74) is 0.752. The van der Waals surface area contributed by atoms with Crippen molar-refractivity contribution in [2.75, 3.05) is 69.7 Å². The second kappa shape index (κ2) is 11.9. The number of anilines is 1. The van der Waals surface area contributed by atoms with Gasteiger partial charge >= 0.3 is 0 Å². The molecule has 37 heavy (non-hydrogen) atoms. The molecular weight excluding hydrogens is 523 g/mol. The summed E-state index contributed by atoms with van der Waals surface area (Å²) in [6.07, 6.45) is 0.227. The zero-order valence-electron chi connectivity index (χ0n) is 20.4. The van der Waals surface area contributed by atoms with Gasteiger partial charge in [-0.05, 0) is 42.8 Å². The minimum Gasteiger partial charge on any atom is -0.379 e. The zero-order chi connectivity index (χ0) is 26.5. The van der Waals surface area contributed by atoms with Crippen molar-refractivity contribution in [3.05, 3.63) is 59.9 Å². The average Bonchev–Trinajstić information content (AvgIpc) is 2.92. The van der Waals surface area contributed by atoms with Crippen LogP contribution >= 0.6 is 0 Å². The predicted octanol–water partition coefficient (Wildman–Crippen LogP) is 1.12. The summed E-state index contributed by atoms with van der Waals surface area (Å²) in [5, 5.41) is 2.68. The summed E-state index contributed by atoms with van der Waals surface area (Å²) in [4.78, 5) is 14.4. The number of sulfonamides is 2. The van der Waals surface area contributed by atoms with Crippen LogP contribution in [0.4, 0.5) is 10.1 Å². The van der Waals surface area contributed by atoms with E-state index in [4.69, 9.17) is 4.74 Å². The number of piperazine rings is 1. The quantitative estimate of drug-likeness (QED) is 0.462. The summed E-state index contributed by atoms with van der Waals surface area (Å²) in [7, 11) is -7.16. The summed E-state index contributed by atoms with van der Waals surface area (Å²) in [5.74, 6) is -0.863. The Morgan fingerprint density at radius 2 is 1.51 bits per heavy atom. The molecule has 0 bridgehead atoms. The number of nitrogens with one attached hydrogen (secondary N) is 1. The molecule has 2 saturated heterocycles. The molecule has 2 aliphatic heterocycles. The second-order valence-electron chi connectivity index (χ2n) is 8.80. The molecule has 2 aliphatic rings. The van der Waals surface area contributed by atoms with Crippen molar-refractivity contribution < 1.29 is 30.8 Å². The van der Waals surface area contributed by atoms with Crippen molar-refractivity contribution in [2.24, 2.45) is 0 Å². The van der Waals surface area contributed by atoms with E-state index in [1.54, 1.807) is 18.2 Å². The van der Waals surface area contributed by atoms with Gasteiger partial charge in [-0.15, -0.1) is 0 Å². The van der Waals surface area contributed by atoms with Gasteiger partial charge in [0.2, 0.25) is 20.0 Å². The number of morpholine rings is 1. The fourth-order valence-electron chi connectivity index (χ4n) is 4.32. The van der Waals surface area contributed by atoms with Gasteiger partial charge in [-0.2, -0.15) is 8.61 Å². The number of nitrogens with zero attached hydrogens (tertiary/aromatic N) is 3. The normalized spacial score (nSPS) is 18.0. The lowest BCUT2D eigenvalue weighted by molar-refractivity contribution is 0.0730. The van der Waals surface area contributed by atoms with Crippen LogP contribution in [0.25, 0.3) is 0 Å². The van der Waals surface area contributed by atoms with E-state index < -0.39 is 26.0 Å². The first kappa shape index (κ1) is 27.5. The minimum atomic E-state index is -3.65. The molecule has 0 spiro atoms. The number of benzene rings is 2. The molecule has 0 aromatic heterocycles. The number of rotatable bonds is 9. The van der Waals surface area contributed by atoms with Crippen LogP contribution in [0.2, 0.25) is 0 Å². The number of hydrogen-bond donors (Lipinski definition) is 1. The molecule has 202 valence electrons. The Labute approximate surface area is 217 Å². The van der Waals surface area contributed by atoms with E-state index in [9.17, 15) is 26.0 Å². The lowest BCUT2D eigenvalue weighted by Gasteiger charge is -2.35. The molecule has 1 N–H and O–H groups in total. The number of halogens is 1. The first-order valence-electron chi connectivity index (χ1n) is 12.1. The van der Waals surface area contributed by atoms with Crippen LogP contribution in [-0.4, -0.2) is 96.1 Å². The zero-order valence-corrected chi connectivity index (χ0v) is 22.0. The Kier molecular flexibility index (Phi) is 8.80. The summed E-state index contributed by atoms with van der Waals surface area (Å²) in [6.45, 7) is 2.75. The smallest absolute Gasteiger partial charge is 0.251 e. The van der Waals surface area contributed by atoms with E-state index >= 15 is 0 Å². The van der Waals surface area contributed by atoms with Crippen LogP contribution in [0.15, 0.2) is 53.4 Å². The van der Waals surface area contributed by atoms with Gasteiger partial charge in [-0.1, -0.05) is 12.1 Å². The van der Waals surface area contributed by atoms with Crippen molar-refractivity contribution >= 4 is 31.6 Å². The number of para-hydroxylation sites is 1. The van der Waals surface area contributed by atoms with Crippen LogP contribution in [-0.2, 0) is 24.8 Å². The third-order valence-corrected chi connectivity index (χ3v) is 10.3. The molecule has 0 radical (unpaired) electrons. The van der Waals surface area contributed by atoms with E-state index in [1.807, 2.05) is 4.90 Å². The van der Waals surface area contributed by atoms with Gasteiger partial charge in [0, 0.05) is 51.4 Å². The molecule has 2 fully saturated rings. The molecule has 13 heteroatoms. The molecule has 1 amide bonds. The van der Waals surface area contributed by atoms with E-state index in [2.05, 4.69) is 5.32 Å². The highest BCUT2D eigenvalue weighted by molar-refractivity contribution is 7.89. The monoisotopic (exact) mass is 554 g/mol. The maximum atomic E-state index is 14.0. The number of carbonyl (C=O) groups excluding carboxylic acids is 1. The fraction of sp³-hybridized carbons (Fsp3) is 0.458. The largest absolute Gasteiger partial charge is 0.379 e. The molecular formula is C24H31FN4O6S2. The standard InChI is InChI=1S/C24H31FN4O6S2/c25-22-4-1-2-5-23(22)27-11-13-28(14-12-27)36(31,32)19-3-10-26-24(30)20-6-8-21(9-7-20)37(33,34)29-15-17-35-18-16-29/h1-2,4-9H,3,10-19H2,(H,26,30). The van der Waals surface area contributed by atoms with Crippen LogP contribution in [0.5, 0.6) is 0 Å². The Hall–Kier alpha value is -2.58. The number of ether oxygens (including phenoxy) is 1. The van der Waals surface area contributed by atoms with E-state index in [0.29, 0.717) is 32.0 Å². The van der Waals surface area contributed by atoms with E-state index in [0.717, 1.165) is 0 Å². The fourth-order valence-corrected chi connectivity index (χ4v) is 7.21. The van der Waals surface area contributed by atoms with Gasteiger partial charge in [-0.3, -0.25) is 4.79 Å². The molecule has 2 heterocycles. The molecule has 4 rings (SSSR count). The number of carbonyl (C=O) groups is 1. The van der Waals surface area contributed by atoms with Gasteiger partial charge in [0.1, 0.15) is 5.82 Å². The maximum absolute atomic E-state index is 14.0. The van der Waals surface area contributed by atoms with Crippen molar-refractivity contribution in [2.45, 2.75) is 11.3 Å². The van der Waals surface area contributed by atoms with Gasteiger partial charge in [-0.25, -0.2) is 21.2 Å². The van der Waals surface area contributed by atoms with Crippen molar-refractivity contribution in [3.8, 4) is 0 Å². The maximum Gasteiger partial charge on any atom is 0.251 e. The van der Waals surface area contributed by atoms with Crippen LogP contribution in [0, 0.1) is 5.82 Å². The topological polar surface area (TPSA) is 116 Å². The van der Waals surface area contributed by atoms with E-state index in [-0.39, 0.29) is 61.2 Å². The molecule has 10 nitrogen and oxygen atoms in total. The SMILES string of the molecule is O=C(NCCCS(=O)(=O)N1CCN(c2ccccc2F)CC1)c1ccc(S(=O)(=O)N2CCOCC2)cc1. The lowest BCUT2D eigenvalue weighted by atomic mass is 10.2. The Morgan fingerprint density at radius 1 is 0.865 bits per heavy atom. The third kappa shape index (κ3) is 6.65. The predicted molar refractivity (Wildman–Crippen MR) is 137 cm³/mol. The molecule has 0 unspecified atom stereocenters. The first-order valence-corrected chi connectivity index (χ1v) is 15.2. The summed E-state index contributed by atoms with van der Waals surface area (Å²) < 4.78 is 72.8. The van der Waals surface area contributed by atoms with Gasteiger partial charge in [0.15, 0.2) is 0 Å². The lowest BCUT2D eigenvalue weighted by Crippen LogP contribution is -2.49. The second-order valence-corrected chi connectivity index (χ2v) is 12.8. The average molecular weight is 555 g/mol. The van der Waals surface area contributed by atoms with Crippen molar-refractivity contribution in [1.29, 1.82) is 0 Å². The Bertz CT molecular complexity index is 1290. The molecule has 2 aromatic carbocycles. The van der Waals surface area contributed by atoms with Gasteiger partial charge < -0.3 is 15.0 Å². The third-order valence-electron chi connectivity index (χ3n) is 6.41. The highest BCUT2D eigenvalue weighted by Gasteiger charge is 2.28. The minimum absolute atomic E-state index is 0.104. The molecule has 0 atom stereocenters. The van der Waals surface area contributed by atoms with Crippen LogP contribution < -0.4 is 10.2 Å². The molecule has 0 saturated carbocycles. The van der Waals surface area contributed by atoms with Gasteiger partial charge in [0.05, 0.1) is 29.5 Å². The highest BCUT2D eigenvalue weighted by Crippen LogP contribution is 2.21. The summed E-state index contributed by atoms with van der Waals surface area (Å²) >= 11 is 0. The number of amides is 1.